The molecule has 134 valence electrons. The zero-order chi connectivity index (χ0) is 18.1. The number of aryl methyl sites for hydroxylation is 2. The molecule has 0 saturated carbocycles. The molecule has 3 aromatic rings. The summed E-state index contributed by atoms with van der Waals surface area (Å²) in [6, 6.07) is 10.1. The van der Waals surface area contributed by atoms with Crippen LogP contribution in [0, 0.1) is 13.8 Å². The van der Waals surface area contributed by atoms with Crippen molar-refractivity contribution in [2.45, 2.75) is 32.8 Å². The van der Waals surface area contributed by atoms with Gasteiger partial charge in [0.15, 0.2) is 0 Å². The number of carbonyl (C=O) groups excluding carboxylic acids is 1. The molecular formula is C20H22N4O2. The lowest BCUT2D eigenvalue weighted by molar-refractivity contribution is 0.0515. The monoisotopic (exact) mass is 350 g/mol. The Morgan fingerprint density at radius 3 is 2.81 bits per heavy atom. The van der Waals surface area contributed by atoms with Crippen molar-refractivity contribution in [3.8, 4) is 6.01 Å². The molecule has 1 aliphatic rings. The quantitative estimate of drug-likeness (QED) is 0.787. The Hall–Kier alpha value is -2.89. The van der Waals surface area contributed by atoms with Crippen LogP contribution in [0.25, 0.3) is 10.9 Å². The number of ether oxygens (including phenoxy) is 1. The van der Waals surface area contributed by atoms with E-state index in [2.05, 4.69) is 15.0 Å². The number of aromatic nitrogens is 3. The molecular weight excluding hydrogens is 328 g/mol. The molecule has 0 radical (unpaired) electrons. The molecule has 6 nitrogen and oxygen atoms in total. The van der Waals surface area contributed by atoms with Crippen LogP contribution >= 0.6 is 0 Å². The fourth-order valence-electron chi connectivity index (χ4n) is 3.48. The Labute approximate surface area is 152 Å². The summed E-state index contributed by atoms with van der Waals surface area (Å²) in [6.07, 6.45) is 3.61. The van der Waals surface area contributed by atoms with Crippen molar-refractivity contribution < 1.29 is 9.53 Å². The van der Waals surface area contributed by atoms with Gasteiger partial charge in [0.2, 0.25) is 0 Å². The van der Waals surface area contributed by atoms with E-state index in [1.807, 2.05) is 55.3 Å². The van der Waals surface area contributed by atoms with Crippen molar-refractivity contribution in [3.63, 3.8) is 0 Å². The number of piperidine rings is 1. The SMILES string of the molecule is Cc1cc(C)nc(OC2CCCN(C(=O)c3ccc4cc[nH]c4c3)C2)n1. The van der Waals surface area contributed by atoms with Crippen molar-refractivity contribution in [1.82, 2.24) is 19.9 Å². The van der Waals surface area contributed by atoms with Gasteiger partial charge in [0.1, 0.15) is 6.10 Å². The lowest BCUT2D eigenvalue weighted by Gasteiger charge is -2.32. The Balaban J connectivity index is 1.47. The van der Waals surface area contributed by atoms with Gasteiger partial charge >= 0.3 is 6.01 Å². The number of likely N-dealkylation sites (tertiary alicyclic amines) is 1. The molecule has 0 aliphatic carbocycles. The third-order valence-electron chi connectivity index (χ3n) is 4.70. The van der Waals surface area contributed by atoms with Crippen molar-refractivity contribution >= 4 is 16.8 Å². The summed E-state index contributed by atoms with van der Waals surface area (Å²) in [4.78, 5) is 26.6. The fourth-order valence-corrected chi connectivity index (χ4v) is 3.48. The van der Waals surface area contributed by atoms with Crippen molar-refractivity contribution in [3.05, 3.63) is 53.5 Å². The van der Waals surface area contributed by atoms with E-state index >= 15 is 0 Å². The molecule has 0 spiro atoms. The summed E-state index contributed by atoms with van der Waals surface area (Å²) < 4.78 is 5.97. The predicted molar refractivity (Wildman–Crippen MR) is 99.4 cm³/mol. The van der Waals surface area contributed by atoms with Gasteiger partial charge in [0.25, 0.3) is 5.91 Å². The average molecular weight is 350 g/mol. The van der Waals surface area contributed by atoms with E-state index in [9.17, 15) is 4.79 Å². The van der Waals surface area contributed by atoms with Gasteiger partial charge < -0.3 is 14.6 Å². The van der Waals surface area contributed by atoms with Crippen LogP contribution in [0.15, 0.2) is 36.5 Å². The first-order valence-corrected chi connectivity index (χ1v) is 8.94. The molecule has 4 rings (SSSR count). The van der Waals surface area contributed by atoms with Gasteiger partial charge in [-0.3, -0.25) is 4.79 Å². The first kappa shape index (κ1) is 16.6. The summed E-state index contributed by atoms with van der Waals surface area (Å²) in [5.74, 6) is 0.0381. The lowest BCUT2D eigenvalue weighted by atomic mass is 10.1. The van der Waals surface area contributed by atoms with Crippen LogP contribution in [0.3, 0.4) is 0 Å². The van der Waals surface area contributed by atoms with E-state index in [0.29, 0.717) is 18.1 Å². The van der Waals surface area contributed by atoms with Gasteiger partial charge in [-0.2, -0.15) is 0 Å². The number of amides is 1. The average Bonchev–Trinajstić information content (AvgIpc) is 3.08. The van der Waals surface area contributed by atoms with Gasteiger partial charge in [-0.1, -0.05) is 6.07 Å². The molecule has 1 aromatic carbocycles. The Morgan fingerprint density at radius 1 is 1.19 bits per heavy atom. The number of aromatic amines is 1. The highest BCUT2D eigenvalue weighted by Crippen LogP contribution is 2.20. The molecule has 1 atom stereocenters. The summed E-state index contributed by atoms with van der Waals surface area (Å²) in [5.41, 5.74) is 3.44. The molecule has 26 heavy (non-hydrogen) atoms. The number of benzene rings is 1. The number of nitrogens with zero attached hydrogens (tertiary/aromatic N) is 3. The predicted octanol–water partition coefficient (Wildman–Crippen LogP) is 3.26. The molecule has 1 fully saturated rings. The van der Waals surface area contributed by atoms with Crippen LogP contribution < -0.4 is 4.74 Å². The lowest BCUT2D eigenvalue weighted by Crippen LogP contribution is -2.44. The minimum Gasteiger partial charge on any atom is -0.458 e. The third kappa shape index (κ3) is 3.40. The van der Waals surface area contributed by atoms with E-state index in [0.717, 1.165) is 41.7 Å². The molecule has 1 amide bonds. The number of hydrogen-bond donors (Lipinski definition) is 1. The van der Waals surface area contributed by atoms with Crippen LogP contribution in [0.4, 0.5) is 0 Å². The first-order valence-electron chi connectivity index (χ1n) is 8.94. The molecule has 6 heteroatoms. The fraction of sp³-hybridized carbons (Fsp3) is 0.350. The number of rotatable bonds is 3. The molecule has 1 saturated heterocycles. The maximum atomic E-state index is 12.9. The highest BCUT2D eigenvalue weighted by molar-refractivity contribution is 5.98. The van der Waals surface area contributed by atoms with E-state index in [1.54, 1.807) is 0 Å². The minimum absolute atomic E-state index is 0.0381. The zero-order valence-electron chi connectivity index (χ0n) is 15.0. The minimum atomic E-state index is -0.0804. The van der Waals surface area contributed by atoms with Gasteiger partial charge in [0.05, 0.1) is 6.54 Å². The van der Waals surface area contributed by atoms with Crippen molar-refractivity contribution in [2.24, 2.45) is 0 Å². The molecule has 1 unspecified atom stereocenters. The third-order valence-corrected chi connectivity index (χ3v) is 4.70. The second-order valence-corrected chi connectivity index (χ2v) is 6.85. The highest BCUT2D eigenvalue weighted by atomic mass is 16.5. The number of carbonyl (C=O) groups is 1. The molecule has 1 aliphatic heterocycles. The van der Waals surface area contributed by atoms with E-state index in [4.69, 9.17) is 4.74 Å². The maximum Gasteiger partial charge on any atom is 0.317 e. The molecule has 2 aromatic heterocycles. The van der Waals surface area contributed by atoms with Gasteiger partial charge in [0, 0.05) is 35.2 Å². The van der Waals surface area contributed by atoms with Crippen LogP contribution in [-0.4, -0.2) is 45.0 Å². The van der Waals surface area contributed by atoms with Crippen LogP contribution in [0.2, 0.25) is 0 Å². The summed E-state index contributed by atoms with van der Waals surface area (Å²) in [6.45, 7) is 5.15. The first-order chi connectivity index (χ1) is 12.6. The normalized spacial score (nSPS) is 17.5. The van der Waals surface area contributed by atoms with Crippen molar-refractivity contribution in [1.29, 1.82) is 0 Å². The smallest absolute Gasteiger partial charge is 0.317 e. The summed E-state index contributed by atoms with van der Waals surface area (Å²) in [7, 11) is 0. The zero-order valence-corrected chi connectivity index (χ0v) is 15.0. The largest absolute Gasteiger partial charge is 0.458 e. The van der Waals surface area contributed by atoms with Crippen LogP contribution in [0.1, 0.15) is 34.6 Å². The van der Waals surface area contributed by atoms with Gasteiger partial charge in [-0.15, -0.1) is 0 Å². The number of fused-ring (bicyclic) bond motifs is 1. The molecule has 3 heterocycles. The standard InChI is InChI=1S/C20H22N4O2/c1-13-10-14(2)23-20(22-13)26-17-4-3-9-24(12-17)19(25)16-6-5-15-7-8-21-18(15)11-16/h5-8,10-11,17,21H,3-4,9,12H2,1-2H3. The summed E-state index contributed by atoms with van der Waals surface area (Å²) >= 11 is 0. The number of H-pyrrole nitrogens is 1. The molecule has 1 N–H and O–H groups in total. The van der Waals surface area contributed by atoms with E-state index < -0.39 is 0 Å². The maximum absolute atomic E-state index is 12.9. The van der Waals surface area contributed by atoms with Crippen LogP contribution in [-0.2, 0) is 0 Å². The number of hydrogen-bond acceptors (Lipinski definition) is 4. The second kappa shape index (κ2) is 6.78. The van der Waals surface area contributed by atoms with Crippen LogP contribution in [0.5, 0.6) is 6.01 Å². The second-order valence-electron chi connectivity index (χ2n) is 6.85. The van der Waals surface area contributed by atoms with E-state index in [1.165, 1.54) is 0 Å². The summed E-state index contributed by atoms with van der Waals surface area (Å²) in [5, 5.41) is 1.10. The van der Waals surface area contributed by atoms with Gasteiger partial charge in [-0.25, -0.2) is 9.97 Å². The Bertz CT molecular complexity index is 930. The molecule has 0 bridgehead atoms. The Kier molecular flexibility index (Phi) is 4.32. The van der Waals surface area contributed by atoms with E-state index in [-0.39, 0.29) is 12.0 Å². The van der Waals surface area contributed by atoms with Crippen molar-refractivity contribution in [2.75, 3.05) is 13.1 Å². The number of nitrogens with one attached hydrogen (secondary N) is 1. The Morgan fingerprint density at radius 2 is 2.00 bits per heavy atom. The highest BCUT2D eigenvalue weighted by Gasteiger charge is 2.26. The topological polar surface area (TPSA) is 71.1 Å². The van der Waals surface area contributed by atoms with Gasteiger partial charge in [-0.05, 0) is 56.3 Å².